The molecule has 2 unspecified atom stereocenters. The molecule has 16 heavy (non-hydrogen) atoms. The third-order valence-electron chi connectivity index (χ3n) is 2.59. The number of carbonyl (C=O) groups excluding carboxylic acids is 1. The van der Waals surface area contributed by atoms with Crippen molar-refractivity contribution >= 4 is 5.97 Å². The Labute approximate surface area is 96.0 Å². The lowest BCUT2D eigenvalue weighted by Crippen LogP contribution is -2.27. The SMILES string of the molecule is COCCCC1(C)OCC(CC(=O)OC)O1. The Morgan fingerprint density at radius 2 is 2.25 bits per heavy atom. The molecule has 0 aromatic rings. The lowest BCUT2D eigenvalue weighted by atomic mass is 10.2. The quantitative estimate of drug-likeness (QED) is 0.507. The van der Waals surface area contributed by atoms with Gasteiger partial charge in [-0.1, -0.05) is 0 Å². The van der Waals surface area contributed by atoms with Gasteiger partial charge >= 0.3 is 5.97 Å². The molecule has 1 heterocycles. The Morgan fingerprint density at radius 1 is 1.50 bits per heavy atom. The number of hydrogen-bond acceptors (Lipinski definition) is 5. The van der Waals surface area contributed by atoms with Crippen LogP contribution in [-0.4, -0.2) is 45.3 Å². The molecule has 0 radical (unpaired) electrons. The molecule has 0 aromatic heterocycles. The zero-order valence-corrected chi connectivity index (χ0v) is 10.2. The van der Waals surface area contributed by atoms with Crippen LogP contribution in [0.15, 0.2) is 0 Å². The number of methoxy groups -OCH3 is 2. The summed E-state index contributed by atoms with van der Waals surface area (Å²) in [5, 5.41) is 0. The Balaban J connectivity index is 2.29. The Bertz CT molecular complexity index is 230. The molecular weight excluding hydrogens is 212 g/mol. The molecule has 0 N–H and O–H groups in total. The molecule has 2 atom stereocenters. The second-order valence-corrected chi connectivity index (χ2v) is 4.06. The van der Waals surface area contributed by atoms with Gasteiger partial charge in [-0.2, -0.15) is 0 Å². The molecule has 1 rings (SSSR count). The van der Waals surface area contributed by atoms with E-state index in [1.807, 2.05) is 6.92 Å². The molecule has 1 saturated heterocycles. The minimum atomic E-state index is -0.586. The topological polar surface area (TPSA) is 54.0 Å². The summed E-state index contributed by atoms with van der Waals surface area (Å²) >= 11 is 0. The lowest BCUT2D eigenvalue weighted by Gasteiger charge is -2.22. The van der Waals surface area contributed by atoms with Crippen molar-refractivity contribution < 1.29 is 23.7 Å². The minimum absolute atomic E-state index is 0.194. The van der Waals surface area contributed by atoms with Crippen molar-refractivity contribution in [1.82, 2.24) is 0 Å². The Hall–Kier alpha value is -0.650. The molecule has 0 spiro atoms. The smallest absolute Gasteiger partial charge is 0.308 e. The number of esters is 1. The minimum Gasteiger partial charge on any atom is -0.469 e. The van der Waals surface area contributed by atoms with Gasteiger partial charge in [0.15, 0.2) is 5.79 Å². The fourth-order valence-corrected chi connectivity index (χ4v) is 1.73. The van der Waals surface area contributed by atoms with Gasteiger partial charge in [-0.05, 0) is 13.3 Å². The van der Waals surface area contributed by atoms with Crippen LogP contribution < -0.4 is 0 Å². The molecule has 0 aromatic carbocycles. The monoisotopic (exact) mass is 232 g/mol. The van der Waals surface area contributed by atoms with Crippen LogP contribution in [0.3, 0.4) is 0 Å². The van der Waals surface area contributed by atoms with Crippen LogP contribution in [0.2, 0.25) is 0 Å². The van der Waals surface area contributed by atoms with Crippen molar-refractivity contribution in [3.63, 3.8) is 0 Å². The summed E-state index contributed by atoms with van der Waals surface area (Å²) in [5.74, 6) is -0.855. The number of carbonyl (C=O) groups is 1. The average Bonchev–Trinajstić information content (AvgIpc) is 2.61. The van der Waals surface area contributed by atoms with E-state index in [-0.39, 0.29) is 18.5 Å². The van der Waals surface area contributed by atoms with E-state index in [4.69, 9.17) is 14.2 Å². The number of hydrogen-bond donors (Lipinski definition) is 0. The van der Waals surface area contributed by atoms with Gasteiger partial charge in [0.05, 0.1) is 26.2 Å². The van der Waals surface area contributed by atoms with Crippen molar-refractivity contribution in [3.8, 4) is 0 Å². The predicted octanol–water partition coefficient (Wildman–Crippen LogP) is 1.11. The number of rotatable bonds is 6. The first-order valence-corrected chi connectivity index (χ1v) is 5.47. The van der Waals surface area contributed by atoms with Crippen LogP contribution in [0.4, 0.5) is 0 Å². The van der Waals surface area contributed by atoms with Gasteiger partial charge in [-0.3, -0.25) is 4.79 Å². The highest BCUT2D eigenvalue weighted by Gasteiger charge is 2.37. The average molecular weight is 232 g/mol. The zero-order chi connectivity index (χ0) is 12.0. The summed E-state index contributed by atoms with van der Waals surface area (Å²) in [6, 6.07) is 0. The molecule has 0 bridgehead atoms. The van der Waals surface area contributed by atoms with Crippen molar-refractivity contribution in [3.05, 3.63) is 0 Å². The van der Waals surface area contributed by atoms with Gasteiger partial charge < -0.3 is 18.9 Å². The van der Waals surface area contributed by atoms with E-state index >= 15 is 0 Å². The molecule has 1 aliphatic rings. The van der Waals surface area contributed by atoms with Gasteiger partial charge in [0, 0.05) is 20.1 Å². The van der Waals surface area contributed by atoms with Crippen LogP contribution in [0.5, 0.6) is 0 Å². The molecule has 1 aliphatic heterocycles. The maximum absolute atomic E-state index is 11.1. The maximum atomic E-state index is 11.1. The van der Waals surface area contributed by atoms with Gasteiger partial charge in [-0.25, -0.2) is 0 Å². The second kappa shape index (κ2) is 6.18. The lowest BCUT2D eigenvalue weighted by molar-refractivity contribution is -0.165. The summed E-state index contributed by atoms with van der Waals surface area (Å²) in [7, 11) is 3.04. The largest absolute Gasteiger partial charge is 0.469 e. The normalized spacial score (nSPS) is 29.3. The van der Waals surface area contributed by atoms with Crippen LogP contribution in [0.1, 0.15) is 26.2 Å². The van der Waals surface area contributed by atoms with E-state index < -0.39 is 5.79 Å². The maximum Gasteiger partial charge on any atom is 0.308 e. The predicted molar refractivity (Wildman–Crippen MR) is 57.0 cm³/mol. The van der Waals surface area contributed by atoms with Crippen molar-refractivity contribution in [1.29, 1.82) is 0 Å². The third-order valence-corrected chi connectivity index (χ3v) is 2.59. The van der Waals surface area contributed by atoms with Gasteiger partial charge in [0.25, 0.3) is 0 Å². The molecule has 0 aliphatic carbocycles. The van der Waals surface area contributed by atoms with E-state index in [9.17, 15) is 4.79 Å². The Kier molecular flexibility index (Phi) is 5.18. The highest BCUT2D eigenvalue weighted by molar-refractivity contribution is 5.69. The molecule has 5 nitrogen and oxygen atoms in total. The summed E-state index contributed by atoms with van der Waals surface area (Å²) in [6.07, 6.45) is 1.69. The Morgan fingerprint density at radius 3 is 2.88 bits per heavy atom. The fraction of sp³-hybridized carbons (Fsp3) is 0.909. The van der Waals surface area contributed by atoms with Crippen molar-refractivity contribution in [2.75, 3.05) is 27.4 Å². The summed E-state index contributed by atoms with van der Waals surface area (Å²) in [5.41, 5.74) is 0. The van der Waals surface area contributed by atoms with E-state index in [1.54, 1.807) is 7.11 Å². The first-order valence-electron chi connectivity index (χ1n) is 5.47. The van der Waals surface area contributed by atoms with E-state index in [0.717, 1.165) is 12.8 Å². The molecule has 5 heteroatoms. The van der Waals surface area contributed by atoms with Gasteiger partial charge in [0.1, 0.15) is 0 Å². The van der Waals surface area contributed by atoms with Gasteiger partial charge in [-0.15, -0.1) is 0 Å². The molecule has 0 saturated carbocycles. The van der Waals surface area contributed by atoms with E-state index in [0.29, 0.717) is 13.2 Å². The van der Waals surface area contributed by atoms with Gasteiger partial charge in [0.2, 0.25) is 0 Å². The summed E-state index contributed by atoms with van der Waals surface area (Å²) in [6.45, 7) is 3.02. The first-order chi connectivity index (χ1) is 7.59. The van der Waals surface area contributed by atoms with Crippen LogP contribution in [0.25, 0.3) is 0 Å². The van der Waals surface area contributed by atoms with Crippen molar-refractivity contribution in [2.24, 2.45) is 0 Å². The first kappa shape index (κ1) is 13.4. The number of ether oxygens (including phenoxy) is 4. The highest BCUT2D eigenvalue weighted by atomic mass is 16.7. The standard InChI is InChI=1S/C11H20O5/c1-11(5-4-6-13-2)15-8-9(16-11)7-10(12)14-3/h9H,4-8H2,1-3H3. The van der Waals surface area contributed by atoms with E-state index in [1.165, 1.54) is 7.11 Å². The molecule has 0 amide bonds. The summed E-state index contributed by atoms with van der Waals surface area (Å²) < 4.78 is 20.8. The van der Waals surface area contributed by atoms with Crippen LogP contribution in [0, 0.1) is 0 Å². The second-order valence-electron chi connectivity index (χ2n) is 4.06. The van der Waals surface area contributed by atoms with Crippen LogP contribution in [-0.2, 0) is 23.7 Å². The van der Waals surface area contributed by atoms with Crippen molar-refractivity contribution in [2.45, 2.75) is 38.1 Å². The molecular formula is C11H20O5. The van der Waals surface area contributed by atoms with Crippen LogP contribution >= 0.6 is 0 Å². The molecule has 94 valence electrons. The van der Waals surface area contributed by atoms with E-state index in [2.05, 4.69) is 4.74 Å². The zero-order valence-electron chi connectivity index (χ0n) is 10.2. The highest BCUT2D eigenvalue weighted by Crippen LogP contribution is 2.29. The fourth-order valence-electron chi connectivity index (χ4n) is 1.73. The molecule has 1 fully saturated rings. The third kappa shape index (κ3) is 4.08. The summed E-state index contributed by atoms with van der Waals surface area (Å²) in [4.78, 5) is 11.1.